The average molecular weight is 296 g/mol. The van der Waals surface area contributed by atoms with Gasteiger partial charge in [-0.05, 0) is 49.9 Å². The van der Waals surface area contributed by atoms with Gasteiger partial charge >= 0.3 is 0 Å². The molecule has 0 aromatic heterocycles. The van der Waals surface area contributed by atoms with Gasteiger partial charge in [-0.25, -0.2) is 0 Å². The zero-order chi connectivity index (χ0) is 14.6. The van der Waals surface area contributed by atoms with Crippen molar-refractivity contribution in [2.75, 3.05) is 13.1 Å². The fourth-order valence-electron chi connectivity index (χ4n) is 2.59. The second-order valence-electron chi connectivity index (χ2n) is 5.72. The summed E-state index contributed by atoms with van der Waals surface area (Å²) in [5, 5.41) is 4.49. The number of unbranched alkanes of at least 4 members (excludes halogenated alkanes) is 3. The lowest BCUT2D eigenvalue weighted by atomic mass is 9.93. The molecule has 0 heterocycles. The number of nitrogens with one attached hydrogen (secondary N) is 1. The van der Waals surface area contributed by atoms with E-state index in [0.717, 1.165) is 24.5 Å². The van der Waals surface area contributed by atoms with Gasteiger partial charge in [-0.1, -0.05) is 69.3 Å². The van der Waals surface area contributed by atoms with Crippen LogP contribution in [-0.4, -0.2) is 13.1 Å². The van der Waals surface area contributed by atoms with E-state index in [1.54, 1.807) is 0 Å². The molecule has 0 fully saturated rings. The molecular weight excluding hydrogens is 266 g/mol. The fraction of sp³-hybridized carbons (Fsp3) is 0.667. The van der Waals surface area contributed by atoms with Crippen LogP contribution in [0.1, 0.15) is 57.9 Å². The molecule has 1 N–H and O–H groups in total. The minimum absolute atomic E-state index is 0.707. The van der Waals surface area contributed by atoms with Crippen LogP contribution in [0.2, 0.25) is 5.02 Å². The molecule has 0 saturated heterocycles. The first kappa shape index (κ1) is 17.5. The first-order chi connectivity index (χ1) is 9.77. The van der Waals surface area contributed by atoms with Crippen molar-refractivity contribution in [1.82, 2.24) is 5.32 Å². The van der Waals surface area contributed by atoms with Gasteiger partial charge in [-0.2, -0.15) is 0 Å². The number of hydrogen-bond acceptors (Lipinski definition) is 1. The molecule has 1 nitrogen and oxygen atoms in total. The lowest BCUT2D eigenvalue weighted by Gasteiger charge is -2.18. The highest BCUT2D eigenvalue weighted by Gasteiger charge is 2.11. The van der Waals surface area contributed by atoms with Crippen LogP contribution in [0.5, 0.6) is 0 Å². The van der Waals surface area contributed by atoms with Gasteiger partial charge < -0.3 is 5.32 Å². The summed E-state index contributed by atoms with van der Waals surface area (Å²) in [5.74, 6) is 0.707. The molecule has 0 radical (unpaired) electrons. The fourth-order valence-corrected chi connectivity index (χ4v) is 2.81. The van der Waals surface area contributed by atoms with Gasteiger partial charge in [0.1, 0.15) is 0 Å². The van der Waals surface area contributed by atoms with Gasteiger partial charge in [0.15, 0.2) is 0 Å². The van der Waals surface area contributed by atoms with Gasteiger partial charge in [0, 0.05) is 5.02 Å². The third-order valence-electron chi connectivity index (χ3n) is 3.79. The lowest BCUT2D eigenvalue weighted by molar-refractivity contribution is 0.422. The maximum Gasteiger partial charge on any atom is 0.0438 e. The highest BCUT2D eigenvalue weighted by Crippen LogP contribution is 2.21. The Bertz CT molecular complexity index is 351. The van der Waals surface area contributed by atoms with E-state index >= 15 is 0 Å². The number of benzene rings is 1. The molecule has 0 aliphatic rings. The van der Waals surface area contributed by atoms with Gasteiger partial charge in [-0.15, -0.1) is 0 Å². The average Bonchev–Trinajstić information content (AvgIpc) is 2.46. The molecule has 1 aromatic rings. The van der Waals surface area contributed by atoms with Gasteiger partial charge in [0.2, 0.25) is 0 Å². The van der Waals surface area contributed by atoms with Crippen molar-refractivity contribution in [3.63, 3.8) is 0 Å². The van der Waals surface area contributed by atoms with Crippen LogP contribution < -0.4 is 5.32 Å². The molecular formula is C18H30ClN. The highest BCUT2D eigenvalue weighted by molar-refractivity contribution is 6.31. The van der Waals surface area contributed by atoms with Gasteiger partial charge in [0.05, 0.1) is 0 Å². The van der Waals surface area contributed by atoms with Crippen molar-refractivity contribution in [2.24, 2.45) is 5.92 Å². The number of halogens is 1. The van der Waals surface area contributed by atoms with Crippen molar-refractivity contribution >= 4 is 11.6 Å². The summed E-state index contributed by atoms with van der Waals surface area (Å²) in [5.41, 5.74) is 1.30. The van der Waals surface area contributed by atoms with E-state index in [0.29, 0.717) is 5.92 Å². The minimum Gasteiger partial charge on any atom is -0.316 e. The summed E-state index contributed by atoms with van der Waals surface area (Å²) >= 11 is 6.29. The third kappa shape index (κ3) is 7.31. The van der Waals surface area contributed by atoms with E-state index in [1.807, 2.05) is 12.1 Å². The zero-order valence-corrected chi connectivity index (χ0v) is 13.9. The van der Waals surface area contributed by atoms with Crippen LogP contribution in [0.3, 0.4) is 0 Å². The first-order valence-corrected chi connectivity index (χ1v) is 8.59. The quantitative estimate of drug-likeness (QED) is 0.534. The Morgan fingerprint density at radius 2 is 1.85 bits per heavy atom. The lowest BCUT2D eigenvalue weighted by Crippen LogP contribution is -2.25. The molecule has 0 aliphatic heterocycles. The second kappa shape index (κ2) is 11.2. The van der Waals surface area contributed by atoms with Crippen molar-refractivity contribution in [3.05, 3.63) is 34.9 Å². The van der Waals surface area contributed by atoms with Crippen LogP contribution in [-0.2, 0) is 6.42 Å². The normalized spacial score (nSPS) is 12.6. The van der Waals surface area contributed by atoms with Crippen molar-refractivity contribution in [2.45, 2.75) is 58.8 Å². The molecule has 0 amide bonds. The van der Waals surface area contributed by atoms with Gasteiger partial charge in [0.25, 0.3) is 0 Å². The molecule has 114 valence electrons. The molecule has 1 unspecified atom stereocenters. The summed E-state index contributed by atoms with van der Waals surface area (Å²) < 4.78 is 0. The van der Waals surface area contributed by atoms with E-state index in [9.17, 15) is 0 Å². The summed E-state index contributed by atoms with van der Waals surface area (Å²) in [6.45, 7) is 6.72. The zero-order valence-electron chi connectivity index (χ0n) is 13.1. The number of hydrogen-bond donors (Lipinski definition) is 1. The minimum atomic E-state index is 0.707. The highest BCUT2D eigenvalue weighted by atomic mass is 35.5. The Balaban J connectivity index is 2.46. The van der Waals surface area contributed by atoms with E-state index < -0.39 is 0 Å². The van der Waals surface area contributed by atoms with Crippen molar-refractivity contribution < 1.29 is 0 Å². The smallest absolute Gasteiger partial charge is 0.0438 e. The van der Waals surface area contributed by atoms with E-state index in [2.05, 4.69) is 31.3 Å². The van der Waals surface area contributed by atoms with Gasteiger partial charge in [-0.3, -0.25) is 0 Å². The molecule has 0 saturated carbocycles. The largest absolute Gasteiger partial charge is 0.316 e. The number of rotatable bonds is 11. The third-order valence-corrected chi connectivity index (χ3v) is 4.16. The Kier molecular flexibility index (Phi) is 9.78. The Hall–Kier alpha value is -0.530. The summed E-state index contributed by atoms with van der Waals surface area (Å²) in [6.07, 6.45) is 8.99. The summed E-state index contributed by atoms with van der Waals surface area (Å²) in [6, 6.07) is 8.28. The van der Waals surface area contributed by atoms with Crippen LogP contribution in [0, 0.1) is 5.92 Å². The van der Waals surface area contributed by atoms with E-state index in [1.165, 1.54) is 44.1 Å². The molecule has 2 heteroatoms. The van der Waals surface area contributed by atoms with Crippen LogP contribution in [0.15, 0.2) is 24.3 Å². The molecule has 0 bridgehead atoms. The van der Waals surface area contributed by atoms with Crippen LogP contribution in [0.25, 0.3) is 0 Å². The molecule has 20 heavy (non-hydrogen) atoms. The molecule has 1 rings (SSSR count). The Morgan fingerprint density at radius 3 is 2.55 bits per heavy atom. The van der Waals surface area contributed by atoms with Crippen LogP contribution >= 0.6 is 11.6 Å². The SMILES string of the molecule is CCCCCCC(CNCCC)Cc1ccccc1Cl. The standard InChI is InChI=1S/C18H30ClN/c1-3-5-6-7-10-16(15-20-13-4-2)14-17-11-8-9-12-18(17)19/h8-9,11-12,16,20H,3-7,10,13-15H2,1-2H3. The maximum atomic E-state index is 6.29. The van der Waals surface area contributed by atoms with Crippen molar-refractivity contribution in [1.29, 1.82) is 0 Å². The maximum absolute atomic E-state index is 6.29. The predicted octanol–water partition coefficient (Wildman–Crippen LogP) is 5.47. The second-order valence-corrected chi connectivity index (χ2v) is 6.12. The summed E-state index contributed by atoms with van der Waals surface area (Å²) in [7, 11) is 0. The first-order valence-electron chi connectivity index (χ1n) is 8.22. The Morgan fingerprint density at radius 1 is 1.05 bits per heavy atom. The molecule has 1 atom stereocenters. The monoisotopic (exact) mass is 295 g/mol. The molecule has 0 spiro atoms. The predicted molar refractivity (Wildman–Crippen MR) is 90.6 cm³/mol. The molecule has 0 aliphatic carbocycles. The van der Waals surface area contributed by atoms with E-state index in [-0.39, 0.29) is 0 Å². The Labute approximate surface area is 130 Å². The topological polar surface area (TPSA) is 12.0 Å². The molecule has 1 aromatic carbocycles. The van der Waals surface area contributed by atoms with Crippen LogP contribution in [0.4, 0.5) is 0 Å². The van der Waals surface area contributed by atoms with E-state index in [4.69, 9.17) is 11.6 Å². The van der Waals surface area contributed by atoms with Crippen molar-refractivity contribution in [3.8, 4) is 0 Å². The summed E-state index contributed by atoms with van der Waals surface area (Å²) in [4.78, 5) is 0.